The van der Waals surface area contributed by atoms with Crippen molar-refractivity contribution in [3.8, 4) is 5.75 Å². The molecule has 32 heavy (non-hydrogen) atoms. The molecule has 0 saturated heterocycles. The highest BCUT2D eigenvalue weighted by Crippen LogP contribution is 2.56. The van der Waals surface area contributed by atoms with Crippen LogP contribution in [0.5, 0.6) is 5.75 Å². The molecule has 0 heterocycles. The summed E-state index contributed by atoms with van der Waals surface area (Å²) in [5.74, 6) is -10.2. The van der Waals surface area contributed by atoms with Gasteiger partial charge in [0.05, 0.1) is 17.2 Å². The molecule has 10 heteroatoms. The van der Waals surface area contributed by atoms with E-state index in [1.165, 1.54) is 44.1 Å². The maximum atomic E-state index is 13.6. The minimum atomic E-state index is -2.82. The van der Waals surface area contributed by atoms with Crippen molar-refractivity contribution in [1.29, 1.82) is 0 Å². The fraction of sp³-hybridized carbons (Fsp3) is 0.455. The van der Waals surface area contributed by atoms with Gasteiger partial charge in [0.2, 0.25) is 11.7 Å². The van der Waals surface area contributed by atoms with Crippen LogP contribution in [-0.4, -0.2) is 74.3 Å². The summed E-state index contributed by atoms with van der Waals surface area (Å²) in [5, 5.41) is 44.1. The molecule has 6 atom stereocenters. The van der Waals surface area contributed by atoms with Crippen molar-refractivity contribution in [2.24, 2.45) is 23.5 Å². The standard InChI is InChI=1S/C22H24N2O8/c1-21(31)8-5-4-6-11(25)12(8)16(26)13-9(21)7-10-15(24(2)3)17(27)14(20(23)30)19(29)22(10,32)18(13)28/h4-6,9-10,14-15,25-26,31-32H,7H2,1-3H3,(H2,23,30)/t9-,10-,14?,15-,21+,22-/m0/s1. The van der Waals surface area contributed by atoms with Gasteiger partial charge in [-0.05, 0) is 39.1 Å². The number of ketones is 3. The van der Waals surface area contributed by atoms with Gasteiger partial charge in [-0.3, -0.25) is 24.1 Å². The predicted molar refractivity (Wildman–Crippen MR) is 109 cm³/mol. The van der Waals surface area contributed by atoms with E-state index in [2.05, 4.69) is 0 Å². The van der Waals surface area contributed by atoms with E-state index < -0.39 is 75.3 Å². The summed E-state index contributed by atoms with van der Waals surface area (Å²) < 4.78 is 0. The van der Waals surface area contributed by atoms with Gasteiger partial charge in [-0.15, -0.1) is 0 Å². The number of rotatable bonds is 2. The molecule has 6 N–H and O–H groups in total. The number of aliphatic hydroxyl groups excluding tert-OH is 1. The maximum Gasteiger partial charge on any atom is 0.235 e. The average Bonchev–Trinajstić information content (AvgIpc) is 2.68. The maximum absolute atomic E-state index is 13.6. The van der Waals surface area contributed by atoms with Gasteiger partial charge in [-0.2, -0.15) is 0 Å². The number of Topliss-reactive ketones (excluding diaryl/α,β-unsaturated/α-hetero) is 3. The Balaban J connectivity index is 2.00. The molecule has 1 amide bonds. The highest BCUT2D eigenvalue weighted by molar-refractivity contribution is 6.32. The zero-order chi connectivity index (χ0) is 23.9. The number of hydrogen-bond donors (Lipinski definition) is 5. The number of primary amides is 1. The predicted octanol–water partition coefficient (Wildman–Crippen LogP) is -0.998. The number of hydrogen-bond acceptors (Lipinski definition) is 9. The molecule has 2 fully saturated rings. The summed E-state index contributed by atoms with van der Waals surface area (Å²) >= 11 is 0. The number of benzene rings is 1. The van der Waals surface area contributed by atoms with Crippen LogP contribution < -0.4 is 5.73 Å². The first-order chi connectivity index (χ1) is 14.8. The van der Waals surface area contributed by atoms with Crippen molar-refractivity contribution in [2.45, 2.75) is 30.6 Å². The molecule has 4 rings (SSSR count). The van der Waals surface area contributed by atoms with Gasteiger partial charge >= 0.3 is 0 Å². The topological polar surface area (TPSA) is 178 Å². The van der Waals surface area contributed by atoms with E-state index >= 15 is 0 Å². The summed E-state index contributed by atoms with van der Waals surface area (Å²) in [4.78, 5) is 53.1. The Kier molecular flexibility index (Phi) is 4.64. The van der Waals surface area contributed by atoms with E-state index in [0.29, 0.717) is 0 Å². The minimum Gasteiger partial charge on any atom is -0.507 e. The van der Waals surface area contributed by atoms with Crippen molar-refractivity contribution >= 4 is 29.0 Å². The van der Waals surface area contributed by atoms with Gasteiger partial charge in [0.25, 0.3) is 0 Å². The number of fused-ring (bicyclic) bond motifs is 3. The van der Waals surface area contributed by atoms with Gasteiger partial charge in [0.1, 0.15) is 11.5 Å². The van der Waals surface area contributed by atoms with Crippen LogP contribution in [0.1, 0.15) is 24.5 Å². The molecule has 0 aromatic heterocycles. The van der Waals surface area contributed by atoms with Gasteiger partial charge in [0.15, 0.2) is 23.1 Å². The Bertz CT molecular complexity index is 1120. The van der Waals surface area contributed by atoms with E-state index in [4.69, 9.17) is 5.73 Å². The first-order valence-electron chi connectivity index (χ1n) is 10.1. The SMILES string of the molecule is CN(C)[C@@H]1C(=O)C(C(N)=O)C(=O)[C@@]2(O)C(=O)C3=C(O)c4c(O)cccc4[C@@](C)(O)[C@H]3C[C@@H]12. The third-order valence-corrected chi connectivity index (χ3v) is 7.16. The lowest BCUT2D eigenvalue weighted by Crippen LogP contribution is -2.73. The number of aromatic hydroxyl groups is 1. The van der Waals surface area contributed by atoms with Crippen LogP contribution >= 0.6 is 0 Å². The number of carbonyl (C=O) groups excluding carboxylic acids is 4. The Labute approximate surface area is 182 Å². The highest BCUT2D eigenvalue weighted by Gasteiger charge is 2.69. The van der Waals surface area contributed by atoms with Crippen LogP contribution in [0.15, 0.2) is 23.8 Å². The number of nitrogens with two attached hydrogens (primary N) is 1. The Morgan fingerprint density at radius 3 is 2.34 bits per heavy atom. The number of nitrogens with zero attached hydrogens (tertiary/aromatic N) is 1. The molecule has 3 aliphatic rings. The van der Waals surface area contributed by atoms with Crippen LogP contribution in [0.4, 0.5) is 0 Å². The fourth-order valence-electron chi connectivity index (χ4n) is 5.64. The summed E-state index contributed by atoms with van der Waals surface area (Å²) in [5.41, 5.74) is 0.199. The van der Waals surface area contributed by atoms with Gasteiger partial charge in [-0.25, -0.2) is 0 Å². The summed E-state index contributed by atoms with van der Waals surface area (Å²) in [6, 6.07) is 2.99. The Morgan fingerprint density at radius 1 is 1.16 bits per heavy atom. The minimum absolute atomic E-state index is 0.159. The summed E-state index contributed by atoms with van der Waals surface area (Å²) in [6.07, 6.45) is -0.227. The molecule has 3 aliphatic carbocycles. The second-order valence-electron chi connectivity index (χ2n) is 9.11. The van der Waals surface area contributed by atoms with Gasteiger partial charge in [-0.1, -0.05) is 12.1 Å². The molecule has 170 valence electrons. The monoisotopic (exact) mass is 444 g/mol. The molecule has 1 unspecified atom stereocenters. The number of carbonyl (C=O) groups is 4. The van der Waals surface area contributed by atoms with Crippen molar-refractivity contribution in [2.75, 3.05) is 14.1 Å². The van der Waals surface area contributed by atoms with Crippen molar-refractivity contribution in [3.63, 3.8) is 0 Å². The second-order valence-corrected chi connectivity index (χ2v) is 9.11. The summed E-state index contributed by atoms with van der Waals surface area (Å²) in [6.45, 7) is 1.39. The van der Waals surface area contributed by atoms with Crippen LogP contribution in [0, 0.1) is 17.8 Å². The largest absolute Gasteiger partial charge is 0.507 e. The molecular formula is C22H24N2O8. The van der Waals surface area contributed by atoms with E-state index in [9.17, 15) is 39.6 Å². The molecule has 1 aromatic carbocycles. The van der Waals surface area contributed by atoms with Crippen molar-refractivity contribution < 1.29 is 39.6 Å². The molecule has 0 bridgehead atoms. The lowest BCUT2D eigenvalue weighted by atomic mass is 9.52. The third-order valence-electron chi connectivity index (χ3n) is 7.16. The first-order valence-corrected chi connectivity index (χ1v) is 10.1. The van der Waals surface area contributed by atoms with E-state index in [-0.39, 0.29) is 17.5 Å². The second kappa shape index (κ2) is 6.71. The first kappa shape index (κ1) is 22.1. The zero-order valence-corrected chi connectivity index (χ0v) is 17.7. The lowest BCUT2D eigenvalue weighted by Gasteiger charge is -2.53. The molecular weight excluding hydrogens is 420 g/mol. The summed E-state index contributed by atoms with van der Waals surface area (Å²) in [7, 11) is 2.99. The van der Waals surface area contributed by atoms with Gasteiger partial charge < -0.3 is 26.2 Å². The number of likely N-dealkylation sites (N-methyl/N-ethyl adjacent to an activating group) is 1. The number of aliphatic hydroxyl groups is 3. The quantitative estimate of drug-likeness (QED) is 0.358. The van der Waals surface area contributed by atoms with E-state index in [1.54, 1.807) is 0 Å². The van der Waals surface area contributed by atoms with Crippen LogP contribution in [-0.2, 0) is 24.8 Å². The molecule has 0 radical (unpaired) electrons. The highest BCUT2D eigenvalue weighted by atomic mass is 16.3. The lowest BCUT2D eigenvalue weighted by molar-refractivity contribution is -0.179. The smallest absolute Gasteiger partial charge is 0.235 e. The Morgan fingerprint density at radius 2 is 1.78 bits per heavy atom. The van der Waals surface area contributed by atoms with E-state index in [0.717, 1.165) is 0 Å². The van der Waals surface area contributed by atoms with Crippen LogP contribution in [0.25, 0.3) is 5.76 Å². The average molecular weight is 444 g/mol. The number of phenols is 1. The van der Waals surface area contributed by atoms with E-state index in [1.807, 2.05) is 0 Å². The fourth-order valence-corrected chi connectivity index (χ4v) is 5.64. The molecule has 0 spiro atoms. The Hall–Kier alpha value is -3.08. The molecule has 10 nitrogen and oxygen atoms in total. The van der Waals surface area contributed by atoms with Crippen LogP contribution in [0.3, 0.4) is 0 Å². The van der Waals surface area contributed by atoms with Crippen molar-refractivity contribution in [3.05, 3.63) is 34.9 Å². The molecule has 1 aromatic rings. The van der Waals surface area contributed by atoms with Crippen LogP contribution in [0.2, 0.25) is 0 Å². The molecule has 0 aliphatic heterocycles. The van der Waals surface area contributed by atoms with Crippen molar-refractivity contribution in [1.82, 2.24) is 4.90 Å². The normalized spacial score (nSPS) is 36.6. The zero-order valence-electron chi connectivity index (χ0n) is 17.7. The number of phenolic OH excluding ortho intramolecular Hbond substituents is 1. The third kappa shape index (κ3) is 2.51. The van der Waals surface area contributed by atoms with Gasteiger partial charge in [0, 0.05) is 17.4 Å². The number of amides is 1. The molecule has 2 saturated carbocycles.